The van der Waals surface area contributed by atoms with Crippen molar-refractivity contribution in [3.8, 4) is 0 Å². The number of hydrogen-bond donors (Lipinski definition) is 2. The Labute approximate surface area is 200 Å². The lowest BCUT2D eigenvalue weighted by atomic mass is 9.92. The average Bonchev–Trinajstić information content (AvgIpc) is 3.27. The van der Waals surface area contributed by atoms with Crippen molar-refractivity contribution in [2.45, 2.75) is 12.5 Å². The number of benzene rings is 3. The van der Waals surface area contributed by atoms with E-state index in [4.69, 9.17) is 16.3 Å². The maximum Gasteiger partial charge on any atom is 0.335 e. The Bertz CT molecular complexity index is 1390. The molecule has 1 aromatic heterocycles. The van der Waals surface area contributed by atoms with Crippen LogP contribution in [-0.4, -0.2) is 47.1 Å². The number of methoxy groups -OCH3 is 1. The van der Waals surface area contributed by atoms with Gasteiger partial charge in [0.1, 0.15) is 5.82 Å². The van der Waals surface area contributed by atoms with Gasteiger partial charge in [-0.3, -0.25) is 5.10 Å². The standard InChI is InChI=1S/C25H22ClFN4O3/c1-25(14-34-2)13-30(17-5-3-15(4-6-17)24(32)33)22-11-21-16(12-28-29-21)9-23(22)31(25)18-7-8-20(27)19(26)10-18/h3-12H,13-14H2,1-2H3,(H,28,29)(H,32,33)/t25-/m1/s1. The smallest absolute Gasteiger partial charge is 0.335 e. The molecule has 2 N–H and O–H groups in total. The summed E-state index contributed by atoms with van der Waals surface area (Å²) in [5, 5.41) is 17.5. The molecule has 4 aromatic rings. The van der Waals surface area contributed by atoms with Crippen LogP contribution >= 0.6 is 11.6 Å². The van der Waals surface area contributed by atoms with Crippen LogP contribution in [0.2, 0.25) is 5.02 Å². The number of carboxylic acid groups (broad SMARTS) is 1. The van der Waals surface area contributed by atoms with Gasteiger partial charge in [0.25, 0.3) is 0 Å². The van der Waals surface area contributed by atoms with Gasteiger partial charge < -0.3 is 19.6 Å². The number of rotatable bonds is 5. The lowest BCUT2D eigenvalue weighted by Crippen LogP contribution is -2.57. The van der Waals surface area contributed by atoms with Gasteiger partial charge >= 0.3 is 5.97 Å². The summed E-state index contributed by atoms with van der Waals surface area (Å²) in [5.41, 5.74) is 3.82. The van der Waals surface area contributed by atoms with Crippen molar-refractivity contribution in [2.24, 2.45) is 0 Å². The molecule has 0 amide bonds. The molecule has 0 spiro atoms. The average molecular weight is 481 g/mol. The quantitative estimate of drug-likeness (QED) is 0.378. The zero-order valence-corrected chi connectivity index (χ0v) is 19.3. The highest BCUT2D eigenvalue weighted by Crippen LogP contribution is 2.49. The molecular weight excluding hydrogens is 459 g/mol. The SMILES string of the molecule is COC[C@@]1(C)CN(c2ccc(C(=O)O)cc2)c2cc3[nH]ncc3cc2N1c1ccc(F)c(Cl)c1. The van der Waals surface area contributed by atoms with Crippen LogP contribution in [0.3, 0.4) is 0 Å². The van der Waals surface area contributed by atoms with Crippen molar-refractivity contribution in [3.05, 3.63) is 77.2 Å². The van der Waals surface area contributed by atoms with Crippen LogP contribution in [-0.2, 0) is 4.74 Å². The first-order valence-corrected chi connectivity index (χ1v) is 11.0. The molecule has 2 heterocycles. The van der Waals surface area contributed by atoms with Gasteiger partial charge in [0.2, 0.25) is 0 Å². The number of halogens is 2. The van der Waals surface area contributed by atoms with E-state index in [1.54, 1.807) is 49.7 Å². The minimum absolute atomic E-state index is 0.0369. The summed E-state index contributed by atoms with van der Waals surface area (Å²) in [6.45, 7) is 2.94. The molecule has 3 aromatic carbocycles. The molecule has 174 valence electrons. The number of carbonyl (C=O) groups is 1. The van der Waals surface area contributed by atoms with Gasteiger partial charge in [-0.25, -0.2) is 9.18 Å². The van der Waals surface area contributed by atoms with Crippen molar-refractivity contribution in [3.63, 3.8) is 0 Å². The summed E-state index contributed by atoms with van der Waals surface area (Å²) in [6.07, 6.45) is 1.75. The summed E-state index contributed by atoms with van der Waals surface area (Å²) in [4.78, 5) is 15.6. The number of hydrogen-bond acceptors (Lipinski definition) is 5. The van der Waals surface area contributed by atoms with Crippen LogP contribution in [0, 0.1) is 5.82 Å². The van der Waals surface area contributed by atoms with E-state index in [0.29, 0.717) is 13.2 Å². The van der Waals surface area contributed by atoms with Crippen LogP contribution in [0.4, 0.5) is 27.1 Å². The molecule has 0 saturated carbocycles. The molecule has 0 saturated heterocycles. The van der Waals surface area contributed by atoms with E-state index in [1.807, 2.05) is 12.1 Å². The Hall–Kier alpha value is -3.62. The van der Waals surface area contributed by atoms with Crippen molar-refractivity contribution in [2.75, 3.05) is 30.1 Å². The van der Waals surface area contributed by atoms with E-state index in [2.05, 4.69) is 26.9 Å². The lowest BCUT2D eigenvalue weighted by molar-refractivity contribution is 0.0697. The largest absolute Gasteiger partial charge is 0.478 e. The number of nitrogens with one attached hydrogen (secondary N) is 1. The monoisotopic (exact) mass is 480 g/mol. The highest BCUT2D eigenvalue weighted by Gasteiger charge is 2.42. The van der Waals surface area contributed by atoms with E-state index in [-0.39, 0.29) is 10.6 Å². The predicted octanol–water partition coefficient (Wildman–Crippen LogP) is 5.75. The van der Waals surface area contributed by atoms with Gasteiger partial charge in [-0.05, 0) is 61.5 Å². The Kier molecular flexibility index (Phi) is 5.42. The molecule has 0 unspecified atom stereocenters. The lowest BCUT2D eigenvalue weighted by Gasteiger charge is -2.51. The molecule has 9 heteroatoms. The van der Waals surface area contributed by atoms with E-state index in [1.165, 1.54) is 6.07 Å². The second kappa shape index (κ2) is 8.30. The predicted molar refractivity (Wildman–Crippen MR) is 130 cm³/mol. The van der Waals surface area contributed by atoms with Crippen LogP contribution in [0.15, 0.2) is 60.8 Å². The van der Waals surface area contributed by atoms with Crippen LogP contribution in [0.25, 0.3) is 10.9 Å². The zero-order chi connectivity index (χ0) is 24.0. The summed E-state index contributed by atoms with van der Waals surface area (Å²) < 4.78 is 19.6. The number of aromatic amines is 1. The third kappa shape index (κ3) is 3.65. The molecule has 0 fully saturated rings. The number of anilines is 4. The van der Waals surface area contributed by atoms with Gasteiger partial charge in [0.15, 0.2) is 0 Å². The molecule has 1 atom stereocenters. The molecular formula is C25H22ClFN4O3. The van der Waals surface area contributed by atoms with E-state index in [0.717, 1.165) is 33.7 Å². The first-order valence-electron chi connectivity index (χ1n) is 10.6. The number of carboxylic acids is 1. The Morgan fingerprint density at radius 3 is 2.59 bits per heavy atom. The topological polar surface area (TPSA) is 81.7 Å². The third-order valence-electron chi connectivity index (χ3n) is 6.15. The first kappa shape index (κ1) is 22.2. The fourth-order valence-electron chi connectivity index (χ4n) is 4.66. The minimum atomic E-state index is -0.978. The highest BCUT2D eigenvalue weighted by atomic mass is 35.5. The fraction of sp³-hybridized carbons (Fsp3) is 0.200. The number of ether oxygens (including phenoxy) is 1. The van der Waals surface area contributed by atoms with Crippen LogP contribution in [0.5, 0.6) is 0 Å². The Balaban J connectivity index is 1.74. The third-order valence-corrected chi connectivity index (χ3v) is 6.44. The Morgan fingerprint density at radius 2 is 1.91 bits per heavy atom. The van der Waals surface area contributed by atoms with Gasteiger partial charge in [-0.1, -0.05) is 11.6 Å². The van der Waals surface area contributed by atoms with Gasteiger partial charge in [0, 0.05) is 30.4 Å². The van der Waals surface area contributed by atoms with Crippen molar-refractivity contribution in [1.82, 2.24) is 10.2 Å². The van der Waals surface area contributed by atoms with E-state index in [9.17, 15) is 14.3 Å². The second-order valence-electron chi connectivity index (χ2n) is 8.60. The maximum atomic E-state index is 14.0. The van der Waals surface area contributed by atoms with Gasteiger partial charge in [-0.2, -0.15) is 5.10 Å². The Morgan fingerprint density at radius 1 is 1.18 bits per heavy atom. The van der Waals surface area contributed by atoms with Crippen molar-refractivity contribution in [1.29, 1.82) is 0 Å². The molecule has 7 nitrogen and oxygen atoms in total. The van der Waals surface area contributed by atoms with Gasteiger partial charge in [0.05, 0.1) is 45.8 Å². The summed E-state index contributed by atoms with van der Waals surface area (Å²) in [7, 11) is 1.64. The number of nitrogens with zero attached hydrogens (tertiary/aromatic N) is 3. The number of H-pyrrole nitrogens is 1. The minimum Gasteiger partial charge on any atom is -0.478 e. The van der Waals surface area contributed by atoms with Crippen LogP contribution in [0.1, 0.15) is 17.3 Å². The van der Waals surface area contributed by atoms with Crippen molar-refractivity contribution >= 4 is 51.2 Å². The molecule has 0 aliphatic carbocycles. The number of aromatic nitrogens is 2. The highest BCUT2D eigenvalue weighted by molar-refractivity contribution is 6.31. The first-order chi connectivity index (χ1) is 16.3. The second-order valence-corrected chi connectivity index (χ2v) is 9.01. The molecule has 1 aliphatic rings. The molecule has 34 heavy (non-hydrogen) atoms. The normalized spacial score (nSPS) is 17.8. The van der Waals surface area contributed by atoms with E-state index < -0.39 is 17.3 Å². The number of aromatic carboxylic acids is 1. The summed E-state index contributed by atoms with van der Waals surface area (Å²) in [5.74, 6) is -1.46. The summed E-state index contributed by atoms with van der Waals surface area (Å²) in [6, 6.07) is 15.5. The molecule has 5 rings (SSSR count). The molecule has 0 bridgehead atoms. The van der Waals surface area contributed by atoms with Crippen LogP contribution < -0.4 is 9.80 Å². The van der Waals surface area contributed by atoms with E-state index >= 15 is 0 Å². The van der Waals surface area contributed by atoms with Gasteiger partial charge in [-0.15, -0.1) is 0 Å². The summed E-state index contributed by atoms with van der Waals surface area (Å²) >= 11 is 6.17. The number of fused-ring (bicyclic) bond motifs is 2. The molecule has 1 aliphatic heterocycles. The maximum absolute atomic E-state index is 14.0. The zero-order valence-electron chi connectivity index (χ0n) is 18.5. The fourth-order valence-corrected chi connectivity index (χ4v) is 4.84. The van der Waals surface area contributed by atoms with Crippen molar-refractivity contribution < 1.29 is 19.0 Å². The molecule has 0 radical (unpaired) electrons.